The number of aryl methyl sites for hydroxylation is 3. The van der Waals surface area contributed by atoms with Crippen molar-refractivity contribution in [3.8, 4) is 5.75 Å². The van der Waals surface area contributed by atoms with Crippen LogP contribution in [0, 0.1) is 26.7 Å². The van der Waals surface area contributed by atoms with Gasteiger partial charge in [0.25, 0.3) is 0 Å². The van der Waals surface area contributed by atoms with E-state index in [9.17, 15) is 14.7 Å². The van der Waals surface area contributed by atoms with Crippen molar-refractivity contribution in [2.24, 2.45) is 5.92 Å². The summed E-state index contributed by atoms with van der Waals surface area (Å²) in [6, 6.07) is 11.5. The van der Waals surface area contributed by atoms with Crippen LogP contribution in [0.5, 0.6) is 5.75 Å². The number of carboxylic acid groups (broad SMARTS) is 1. The van der Waals surface area contributed by atoms with Gasteiger partial charge in [-0.2, -0.15) is 0 Å². The largest absolute Gasteiger partial charge is 0.492 e. The molecule has 1 saturated carbocycles. The van der Waals surface area contributed by atoms with Crippen LogP contribution in [0.1, 0.15) is 80.5 Å². The molecule has 40 heavy (non-hydrogen) atoms. The topological polar surface area (TPSA) is 88.1 Å². The lowest BCUT2D eigenvalue weighted by molar-refractivity contribution is -0.149. The fraction of sp³-hybridized carbons (Fsp3) is 0.576. The number of aliphatic carboxylic acids is 1. The predicted octanol–water partition coefficient (Wildman–Crippen LogP) is 7.31. The zero-order valence-electron chi connectivity index (χ0n) is 24.8. The highest BCUT2D eigenvalue weighted by atomic mass is 16.5. The van der Waals surface area contributed by atoms with E-state index in [-0.39, 0.29) is 6.03 Å². The molecule has 1 unspecified atom stereocenters. The number of anilines is 1. The average Bonchev–Trinajstić information content (AvgIpc) is 2.94. The number of ether oxygens (including phenoxy) is 2. The van der Waals surface area contributed by atoms with Crippen molar-refractivity contribution < 1.29 is 24.2 Å². The zero-order valence-corrected chi connectivity index (χ0v) is 24.8. The number of benzene rings is 2. The minimum atomic E-state index is -0.963. The van der Waals surface area contributed by atoms with Crippen LogP contribution < -0.4 is 10.1 Å². The van der Waals surface area contributed by atoms with E-state index in [0.29, 0.717) is 38.5 Å². The van der Waals surface area contributed by atoms with Crippen LogP contribution in [0.4, 0.5) is 10.5 Å². The number of carboxylic acids is 1. The summed E-state index contributed by atoms with van der Waals surface area (Å²) in [5, 5.41) is 12.5. The summed E-state index contributed by atoms with van der Waals surface area (Å²) in [6.07, 6.45) is 9.62. The highest BCUT2D eigenvalue weighted by Gasteiger charge is 2.19. The van der Waals surface area contributed by atoms with E-state index in [0.717, 1.165) is 41.1 Å². The van der Waals surface area contributed by atoms with Gasteiger partial charge in [-0.25, -0.2) is 9.59 Å². The molecule has 0 radical (unpaired) electrons. The third-order valence-electron chi connectivity index (χ3n) is 8.00. The number of nitrogens with one attached hydrogen (secondary N) is 1. The molecule has 2 N–H and O–H groups in total. The Balaban J connectivity index is 1.56. The number of hydrogen-bond donors (Lipinski definition) is 2. The van der Waals surface area contributed by atoms with E-state index in [2.05, 4.69) is 25.2 Å². The van der Waals surface area contributed by atoms with Gasteiger partial charge in [-0.3, -0.25) is 0 Å². The predicted molar refractivity (Wildman–Crippen MR) is 160 cm³/mol. The molecule has 3 rings (SSSR count). The van der Waals surface area contributed by atoms with Gasteiger partial charge in [0, 0.05) is 25.3 Å². The lowest BCUT2D eigenvalue weighted by Gasteiger charge is -2.25. The van der Waals surface area contributed by atoms with Gasteiger partial charge in [0.1, 0.15) is 12.4 Å². The third kappa shape index (κ3) is 10.2. The molecule has 2 amide bonds. The molecule has 1 fully saturated rings. The summed E-state index contributed by atoms with van der Waals surface area (Å²) < 4.78 is 11.3. The van der Waals surface area contributed by atoms with Gasteiger partial charge in [0.2, 0.25) is 0 Å². The van der Waals surface area contributed by atoms with Gasteiger partial charge >= 0.3 is 12.0 Å². The van der Waals surface area contributed by atoms with Gasteiger partial charge in [0.05, 0.1) is 6.54 Å². The average molecular weight is 553 g/mol. The molecule has 7 nitrogen and oxygen atoms in total. The van der Waals surface area contributed by atoms with Crippen LogP contribution in [0.15, 0.2) is 36.4 Å². The van der Waals surface area contributed by atoms with Gasteiger partial charge in [-0.15, -0.1) is 0 Å². The summed E-state index contributed by atoms with van der Waals surface area (Å²) in [5.74, 6) is 0.574. The molecule has 1 aliphatic rings. The number of nitrogens with zero attached hydrogens (tertiary/aromatic N) is 1. The molecule has 220 valence electrons. The number of hydrogen-bond acceptors (Lipinski definition) is 4. The Kier molecular flexibility index (Phi) is 12.8. The molecular formula is C33H48N2O5. The van der Waals surface area contributed by atoms with E-state index in [1.807, 2.05) is 42.2 Å². The summed E-state index contributed by atoms with van der Waals surface area (Å²) in [4.78, 5) is 26.6. The molecule has 1 aliphatic carbocycles. The van der Waals surface area contributed by atoms with Crippen LogP contribution in [0.25, 0.3) is 0 Å². The van der Waals surface area contributed by atoms with E-state index in [4.69, 9.17) is 9.47 Å². The molecule has 0 spiro atoms. The van der Waals surface area contributed by atoms with E-state index >= 15 is 0 Å². The van der Waals surface area contributed by atoms with Crippen molar-refractivity contribution in [3.63, 3.8) is 0 Å². The Labute approximate surface area is 240 Å². The summed E-state index contributed by atoms with van der Waals surface area (Å²) in [7, 11) is 0. The Morgan fingerprint density at radius 1 is 0.975 bits per heavy atom. The van der Waals surface area contributed by atoms with Gasteiger partial charge in [-0.1, -0.05) is 63.1 Å². The molecule has 0 heterocycles. The van der Waals surface area contributed by atoms with Gasteiger partial charge in [0.15, 0.2) is 6.10 Å². The van der Waals surface area contributed by atoms with Crippen molar-refractivity contribution in [3.05, 3.63) is 58.7 Å². The molecule has 7 heteroatoms. The molecule has 0 saturated heterocycles. The summed E-state index contributed by atoms with van der Waals surface area (Å²) >= 11 is 0. The first-order chi connectivity index (χ1) is 19.3. The van der Waals surface area contributed by atoms with E-state index < -0.39 is 12.1 Å². The van der Waals surface area contributed by atoms with Crippen molar-refractivity contribution in [1.29, 1.82) is 0 Å². The second kappa shape index (κ2) is 16.3. The van der Waals surface area contributed by atoms with Crippen LogP contribution in [0.3, 0.4) is 0 Å². The van der Waals surface area contributed by atoms with Crippen LogP contribution >= 0.6 is 0 Å². The number of urea groups is 1. The number of unbranched alkanes of at least 4 members (excludes halogenated alkanes) is 1. The second-order valence-corrected chi connectivity index (χ2v) is 11.1. The first-order valence-corrected chi connectivity index (χ1v) is 15.0. The first kappa shape index (κ1) is 31.5. The van der Waals surface area contributed by atoms with E-state index in [1.54, 1.807) is 6.92 Å². The maximum Gasteiger partial charge on any atom is 0.333 e. The number of rotatable bonds is 15. The van der Waals surface area contributed by atoms with Gasteiger partial charge in [-0.05, 0) is 80.5 Å². The Morgan fingerprint density at radius 3 is 2.35 bits per heavy atom. The molecule has 1 atom stereocenters. The molecule has 0 aromatic heterocycles. The number of carbonyl (C=O) groups is 2. The minimum absolute atomic E-state index is 0.0985. The molecule has 0 bridgehead atoms. The highest BCUT2D eigenvalue weighted by Crippen LogP contribution is 2.28. The van der Waals surface area contributed by atoms with Gasteiger partial charge < -0.3 is 24.8 Å². The standard InChI is InChI=1S/C33H48N2O5/c1-5-39-31(32(36)37)23-28-14-16-29(17-15-28)40-20-19-35(18-10-9-13-27-11-7-6-8-12-27)33(38)34-30-22-25(3)24(2)21-26(30)4/h14-17,21-22,27,31H,5-13,18-20,23H2,1-4H3,(H,34,38)(H,36,37). The zero-order chi connectivity index (χ0) is 28.9. The van der Waals surface area contributed by atoms with Crippen molar-refractivity contribution in [2.75, 3.05) is 31.6 Å². The van der Waals surface area contributed by atoms with Crippen molar-refractivity contribution in [1.82, 2.24) is 4.90 Å². The molecule has 0 aliphatic heterocycles. The quantitative estimate of drug-likeness (QED) is 0.226. The normalized spacial score (nSPS) is 14.5. The third-order valence-corrected chi connectivity index (χ3v) is 8.00. The molecule has 2 aromatic rings. The molecule has 2 aromatic carbocycles. The summed E-state index contributed by atoms with van der Waals surface area (Å²) in [6.45, 7) is 9.85. The highest BCUT2D eigenvalue weighted by molar-refractivity contribution is 5.90. The molecular weight excluding hydrogens is 504 g/mol. The van der Waals surface area contributed by atoms with Crippen LogP contribution in [0.2, 0.25) is 0 Å². The van der Waals surface area contributed by atoms with Crippen LogP contribution in [-0.2, 0) is 16.0 Å². The lowest BCUT2D eigenvalue weighted by atomic mass is 9.86. The lowest BCUT2D eigenvalue weighted by Crippen LogP contribution is -2.38. The summed E-state index contributed by atoms with van der Waals surface area (Å²) in [5.41, 5.74) is 5.15. The number of amides is 2. The van der Waals surface area contributed by atoms with Crippen molar-refractivity contribution in [2.45, 2.75) is 91.6 Å². The Morgan fingerprint density at radius 2 is 1.68 bits per heavy atom. The smallest absolute Gasteiger partial charge is 0.333 e. The fourth-order valence-corrected chi connectivity index (χ4v) is 5.44. The number of carbonyl (C=O) groups excluding carboxylic acids is 1. The minimum Gasteiger partial charge on any atom is -0.492 e. The fourth-order valence-electron chi connectivity index (χ4n) is 5.44. The van der Waals surface area contributed by atoms with E-state index in [1.165, 1.54) is 44.1 Å². The van der Waals surface area contributed by atoms with Crippen LogP contribution in [-0.4, -0.2) is 54.4 Å². The Hall–Kier alpha value is -3.06. The second-order valence-electron chi connectivity index (χ2n) is 11.1. The SMILES string of the molecule is CCOC(Cc1ccc(OCCN(CCCCC2CCCCC2)C(=O)Nc2cc(C)c(C)cc2C)cc1)C(=O)O. The Bertz CT molecular complexity index is 1080. The first-order valence-electron chi connectivity index (χ1n) is 15.0. The van der Waals surface area contributed by atoms with Crippen molar-refractivity contribution >= 4 is 17.7 Å². The monoisotopic (exact) mass is 552 g/mol. The maximum atomic E-state index is 13.4. The maximum absolute atomic E-state index is 13.4.